The van der Waals surface area contributed by atoms with Crippen LogP contribution in [0.1, 0.15) is 26.1 Å². The largest absolute Gasteiger partial charge is 0.346 e. The summed E-state index contributed by atoms with van der Waals surface area (Å²) in [6, 6.07) is 9.64. The molecule has 0 radical (unpaired) electrons. The minimum absolute atomic E-state index is 0.263. The van der Waals surface area contributed by atoms with E-state index in [0.717, 1.165) is 16.9 Å². The van der Waals surface area contributed by atoms with Crippen molar-refractivity contribution in [2.24, 2.45) is 0 Å². The summed E-state index contributed by atoms with van der Waals surface area (Å²) in [5, 5.41) is 17.3. The van der Waals surface area contributed by atoms with Crippen molar-refractivity contribution in [3.63, 3.8) is 0 Å². The smallest absolute Gasteiger partial charge is 0.282 e. The third-order valence-electron chi connectivity index (χ3n) is 2.77. The van der Waals surface area contributed by atoms with E-state index in [4.69, 9.17) is 11.6 Å². The Balaban J connectivity index is 1.65. The molecule has 0 saturated heterocycles. The summed E-state index contributed by atoms with van der Waals surface area (Å²) >= 11 is 8.52. The number of hydrogen-bond acceptors (Lipinski definition) is 7. The number of amides is 1. The van der Waals surface area contributed by atoms with E-state index in [-0.39, 0.29) is 10.9 Å². The summed E-state index contributed by atoms with van der Waals surface area (Å²) in [5.41, 5.74) is 1.66. The SMILES string of the molecule is O=C(NCc1ccccc1)c1nnc(/C(Cl)=C/c2csnn2)s1. The summed E-state index contributed by atoms with van der Waals surface area (Å²) in [4.78, 5) is 12.1. The Morgan fingerprint density at radius 3 is 2.70 bits per heavy atom. The van der Waals surface area contributed by atoms with E-state index in [0.29, 0.717) is 22.3 Å². The fourth-order valence-electron chi connectivity index (χ4n) is 1.69. The first-order valence-corrected chi connectivity index (χ1v) is 8.56. The Labute approximate surface area is 145 Å². The van der Waals surface area contributed by atoms with Crippen LogP contribution in [0.4, 0.5) is 0 Å². The summed E-state index contributed by atoms with van der Waals surface area (Å²) in [5.74, 6) is -0.280. The van der Waals surface area contributed by atoms with Gasteiger partial charge in [-0.3, -0.25) is 4.79 Å². The summed E-state index contributed by atoms with van der Waals surface area (Å²) < 4.78 is 3.75. The summed E-state index contributed by atoms with van der Waals surface area (Å²) in [7, 11) is 0. The molecule has 0 aliphatic rings. The van der Waals surface area contributed by atoms with E-state index in [2.05, 4.69) is 25.1 Å². The molecule has 2 heterocycles. The van der Waals surface area contributed by atoms with Crippen molar-refractivity contribution in [2.75, 3.05) is 0 Å². The predicted octanol–water partition coefficient (Wildman–Crippen LogP) is 3.06. The molecule has 116 valence electrons. The Morgan fingerprint density at radius 1 is 1.17 bits per heavy atom. The number of carbonyl (C=O) groups is 1. The number of benzene rings is 1. The zero-order chi connectivity index (χ0) is 16.1. The van der Waals surface area contributed by atoms with Crippen LogP contribution in [0.2, 0.25) is 0 Å². The highest BCUT2D eigenvalue weighted by molar-refractivity contribution is 7.15. The maximum Gasteiger partial charge on any atom is 0.282 e. The van der Waals surface area contributed by atoms with Gasteiger partial charge >= 0.3 is 0 Å². The molecule has 3 rings (SSSR count). The fourth-order valence-corrected chi connectivity index (χ4v) is 3.04. The topological polar surface area (TPSA) is 80.7 Å². The van der Waals surface area contributed by atoms with Gasteiger partial charge in [0.2, 0.25) is 5.01 Å². The lowest BCUT2D eigenvalue weighted by Crippen LogP contribution is -2.22. The molecule has 0 aliphatic carbocycles. The van der Waals surface area contributed by atoms with Crippen molar-refractivity contribution in [1.82, 2.24) is 25.1 Å². The normalized spacial score (nSPS) is 11.4. The highest BCUT2D eigenvalue weighted by Gasteiger charge is 2.14. The van der Waals surface area contributed by atoms with Crippen molar-refractivity contribution in [3.05, 3.63) is 57.0 Å². The predicted molar refractivity (Wildman–Crippen MR) is 91.2 cm³/mol. The first-order chi connectivity index (χ1) is 11.2. The molecule has 0 spiro atoms. The quantitative estimate of drug-likeness (QED) is 0.753. The lowest BCUT2D eigenvalue weighted by Gasteiger charge is -2.01. The number of hydrogen-bond donors (Lipinski definition) is 1. The van der Waals surface area contributed by atoms with Crippen LogP contribution in [-0.2, 0) is 6.54 Å². The van der Waals surface area contributed by atoms with Gasteiger partial charge in [0.15, 0.2) is 5.01 Å². The van der Waals surface area contributed by atoms with Gasteiger partial charge in [0, 0.05) is 11.9 Å². The van der Waals surface area contributed by atoms with Gasteiger partial charge < -0.3 is 5.32 Å². The van der Waals surface area contributed by atoms with Crippen LogP contribution in [-0.4, -0.2) is 25.7 Å². The van der Waals surface area contributed by atoms with E-state index in [9.17, 15) is 4.79 Å². The lowest BCUT2D eigenvalue weighted by atomic mass is 10.2. The molecule has 6 nitrogen and oxygen atoms in total. The average Bonchev–Trinajstić information content (AvgIpc) is 3.25. The van der Waals surface area contributed by atoms with Crippen molar-refractivity contribution >= 4 is 51.5 Å². The highest BCUT2D eigenvalue weighted by Crippen LogP contribution is 2.24. The molecule has 0 aliphatic heterocycles. The van der Waals surface area contributed by atoms with Crippen molar-refractivity contribution in [2.45, 2.75) is 6.54 Å². The van der Waals surface area contributed by atoms with Gasteiger partial charge in [0.1, 0.15) is 0 Å². The van der Waals surface area contributed by atoms with Crippen molar-refractivity contribution < 1.29 is 4.79 Å². The van der Waals surface area contributed by atoms with Gasteiger partial charge in [-0.05, 0) is 23.2 Å². The summed E-state index contributed by atoms with van der Waals surface area (Å²) in [6.45, 7) is 0.433. The molecule has 3 aromatic rings. The maximum absolute atomic E-state index is 12.1. The van der Waals surface area contributed by atoms with Crippen LogP contribution in [0, 0.1) is 0 Å². The summed E-state index contributed by atoms with van der Waals surface area (Å²) in [6.07, 6.45) is 1.64. The Kier molecular flexibility index (Phi) is 5.06. The molecule has 23 heavy (non-hydrogen) atoms. The molecule has 1 amide bonds. The van der Waals surface area contributed by atoms with E-state index >= 15 is 0 Å². The Bertz CT molecular complexity index is 817. The molecule has 2 aromatic heterocycles. The van der Waals surface area contributed by atoms with Crippen LogP contribution in [0.5, 0.6) is 0 Å². The minimum Gasteiger partial charge on any atom is -0.346 e. The number of aromatic nitrogens is 4. The third kappa shape index (κ3) is 4.19. The van der Waals surface area contributed by atoms with Gasteiger partial charge in [-0.25, -0.2) is 0 Å². The molecule has 9 heteroatoms. The van der Waals surface area contributed by atoms with Gasteiger partial charge in [-0.2, -0.15) is 0 Å². The van der Waals surface area contributed by atoms with Gasteiger partial charge in [0.05, 0.1) is 10.7 Å². The molecular weight excluding hydrogens is 354 g/mol. The van der Waals surface area contributed by atoms with Gasteiger partial charge in [-0.15, -0.1) is 15.3 Å². The lowest BCUT2D eigenvalue weighted by molar-refractivity contribution is 0.0950. The van der Waals surface area contributed by atoms with Crippen LogP contribution >= 0.6 is 34.5 Å². The van der Waals surface area contributed by atoms with Gasteiger partial charge in [0.25, 0.3) is 5.91 Å². The van der Waals surface area contributed by atoms with Gasteiger partial charge in [-0.1, -0.05) is 57.8 Å². The molecule has 0 bridgehead atoms. The van der Waals surface area contributed by atoms with E-state index in [1.165, 1.54) is 11.5 Å². The minimum atomic E-state index is -0.280. The van der Waals surface area contributed by atoms with Crippen molar-refractivity contribution in [1.29, 1.82) is 0 Å². The molecule has 1 N–H and O–H groups in total. The van der Waals surface area contributed by atoms with Crippen molar-refractivity contribution in [3.8, 4) is 0 Å². The number of rotatable bonds is 5. The Morgan fingerprint density at radius 2 is 1.96 bits per heavy atom. The maximum atomic E-state index is 12.1. The number of carbonyl (C=O) groups excluding carboxylic acids is 1. The molecule has 0 fully saturated rings. The first kappa shape index (κ1) is 15.7. The molecule has 0 unspecified atom stereocenters. The third-order valence-corrected chi connectivity index (χ3v) is 4.65. The second-order valence-corrected chi connectivity index (χ2v) is 6.40. The highest BCUT2D eigenvalue weighted by atomic mass is 35.5. The van der Waals surface area contributed by atoms with Crippen LogP contribution < -0.4 is 5.32 Å². The fraction of sp³-hybridized carbons (Fsp3) is 0.0714. The van der Waals surface area contributed by atoms with Crippen LogP contribution in [0.15, 0.2) is 35.7 Å². The number of nitrogens with zero attached hydrogens (tertiary/aromatic N) is 4. The monoisotopic (exact) mass is 363 g/mol. The van der Waals surface area contributed by atoms with Crippen LogP contribution in [0.3, 0.4) is 0 Å². The van der Waals surface area contributed by atoms with E-state index < -0.39 is 0 Å². The number of nitrogens with one attached hydrogen (secondary N) is 1. The molecule has 1 aromatic carbocycles. The zero-order valence-corrected chi connectivity index (χ0v) is 14.0. The number of halogens is 1. The first-order valence-electron chi connectivity index (χ1n) is 6.52. The average molecular weight is 364 g/mol. The standard InChI is InChI=1S/C14H10ClN5OS2/c15-11(6-10-8-22-20-17-10)13-18-19-14(23-13)12(21)16-7-9-4-2-1-3-5-9/h1-6,8H,7H2,(H,16,21)/b11-6-. The molecular formula is C14H10ClN5OS2. The molecule has 0 saturated carbocycles. The zero-order valence-electron chi connectivity index (χ0n) is 11.6. The van der Waals surface area contributed by atoms with Crippen LogP contribution in [0.25, 0.3) is 11.1 Å². The Hall–Kier alpha value is -2.16. The van der Waals surface area contributed by atoms with E-state index in [1.54, 1.807) is 11.5 Å². The molecule has 0 atom stereocenters. The van der Waals surface area contributed by atoms with E-state index in [1.807, 2.05) is 30.3 Å². The second-order valence-electron chi connectivity index (χ2n) is 4.40. The second kappa shape index (κ2) is 7.40.